The van der Waals surface area contributed by atoms with Crippen molar-refractivity contribution >= 4 is 11.9 Å². The summed E-state index contributed by atoms with van der Waals surface area (Å²) in [6.07, 6.45) is 3.43. The Morgan fingerprint density at radius 1 is 1.25 bits per heavy atom. The summed E-state index contributed by atoms with van der Waals surface area (Å²) in [5.41, 5.74) is 0. The van der Waals surface area contributed by atoms with Crippen LogP contribution in [0, 0.1) is 5.92 Å². The van der Waals surface area contributed by atoms with Crippen molar-refractivity contribution in [2.75, 3.05) is 0 Å². The average molecular weight is 184 g/mol. The van der Waals surface area contributed by atoms with E-state index in [1.165, 1.54) is 11.9 Å². The number of nitrogens with two attached hydrogens (primary N) is 1. The second kappa shape index (κ2) is 7.13. The fourth-order valence-electron chi connectivity index (χ4n) is 0.417. The first-order valence-electron chi connectivity index (χ1n) is 3.93. The third kappa shape index (κ3) is 7.57. The molecule has 0 fully saturated rings. The van der Waals surface area contributed by atoms with Crippen molar-refractivity contribution in [1.82, 2.24) is 4.98 Å². The highest BCUT2D eigenvalue weighted by molar-refractivity contribution is 7.97. The SMILES string of the molecule is CC(C)C.NSc1ccncc1. The Labute approximate surface area is 78.7 Å². The van der Waals surface area contributed by atoms with Crippen molar-refractivity contribution in [3.8, 4) is 0 Å². The fraction of sp³-hybridized carbons (Fsp3) is 0.444. The van der Waals surface area contributed by atoms with Crippen molar-refractivity contribution in [2.45, 2.75) is 25.7 Å². The molecule has 0 spiro atoms. The summed E-state index contributed by atoms with van der Waals surface area (Å²) in [7, 11) is 0. The molecule has 2 N–H and O–H groups in total. The number of rotatable bonds is 1. The minimum absolute atomic E-state index is 0.833. The maximum atomic E-state index is 5.24. The van der Waals surface area contributed by atoms with Gasteiger partial charge in [0.1, 0.15) is 0 Å². The summed E-state index contributed by atoms with van der Waals surface area (Å²) < 4.78 is 0. The summed E-state index contributed by atoms with van der Waals surface area (Å²) >= 11 is 1.23. The monoisotopic (exact) mass is 184 g/mol. The fourth-order valence-corrected chi connectivity index (χ4v) is 0.696. The maximum absolute atomic E-state index is 5.24. The molecule has 0 unspecified atom stereocenters. The van der Waals surface area contributed by atoms with Crippen molar-refractivity contribution in [3.63, 3.8) is 0 Å². The smallest absolute Gasteiger partial charge is 0.0279 e. The number of nitrogens with zero attached hydrogens (tertiary/aromatic N) is 1. The van der Waals surface area contributed by atoms with Gasteiger partial charge < -0.3 is 0 Å². The molecule has 1 aromatic heterocycles. The zero-order valence-corrected chi connectivity index (χ0v) is 8.64. The van der Waals surface area contributed by atoms with Gasteiger partial charge in [-0.1, -0.05) is 20.8 Å². The second-order valence-corrected chi connectivity index (χ2v) is 3.74. The van der Waals surface area contributed by atoms with E-state index in [-0.39, 0.29) is 0 Å². The van der Waals surface area contributed by atoms with Gasteiger partial charge in [-0.3, -0.25) is 10.1 Å². The molecule has 1 rings (SSSR count). The van der Waals surface area contributed by atoms with E-state index in [9.17, 15) is 0 Å². The molecule has 0 aliphatic carbocycles. The van der Waals surface area contributed by atoms with E-state index in [2.05, 4.69) is 25.8 Å². The number of aromatic nitrogens is 1. The Morgan fingerprint density at radius 3 is 1.92 bits per heavy atom. The van der Waals surface area contributed by atoms with E-state index in [1.807, 2.05) is 12.1 Å². The van der Waals surface area contributed by atoms with Gasteiger partial charge in [-0.2, -0.15) is 0 Å². The predicted octanol–water partition coefficient (Wildman–Crippen LogP) is 2.71. The molecule has 0 aliphatic rings. The Balaban J connectivity index is 0.000000261. The van der Waals surface area contributed by atoms with Crippen LogP contribution in [0.2, 0.25) is 0 Å². The van der Waals surface area contributed by atoms with Crippen molar-refractivity contribution in [2.24, 2.45) is 11.1 Å². The lowest BCUT2D eigenvalue weighted by atomic mass is 10.3. The van der Waals surface area contributed by atoms with Gasteiger partial charge in [0.05, 0.1) is 0 Å². The van der Waals surface area contributed by atoms with Crippen molar-refractivity contribution in [1.29, 1.82) is 0 Å². The van der Waals surface area contributed by atoms with Crippen LogP contribution in [0.25, 0.3) is 0 Å². The quantitative estimate of drug-likeness (QED) is 0.682. The third-order valence-electron chi connectivity index (χ3n) is 0.786. The molecule has 0 bridgehead atoms. The highest BCUT2D eigenvalue weighted by Gasteiger charge is 1.82. The van der Waals surface area contributed by atoms with Gasteiger partial charge >= 0.3 is 0 Å². The first-order chi connectivity index (χ1) is 5.66. The van der Waals surface area contributed by atoms with Gasteiger partial charge in [0.15, 0.2) is 0 Å². The van der Waals surface area contributed by atoms with Crippen LogP contribution in [-0.2, 0) is 0 Å². The molecule has 0 radical (unpaired) electrons. The van der Waals surface area contributed by atoms with E-state index in [0.717, 1.165) is 10.8 Å². The van der Waals surface area contributed by atoms with Crippen LogP contribution in [0.5, 0.6) is 0 Å². The van der Waals surface area contributed by atoms with E-state index in [4.69, 9.17) is 5.14 Å². The highest BCUT2D eigenvalue weighted by atomic mass is 32.2. The molecule has 1 heterocycles. The summed E-state index contributed by atoms with van der Waals surface area (Å²) in [6, 6.07) is 3.73. The van der Waals surface area contributed by atoms with Crippen LogP contribution in [-0.4, -0.2) is 4.98 Å². The molecule has 2 nitrogen and oxygen atoms in total. The largest absolute Gasteiger partial charge is 0.274 e. The molecule has 68 valence electrons. The standard InChI is InChI=1S/C5H6N2S.C4H10/c6-8-5-1-3-7-4-2-5;1-4(2)3/h1-4H,6H2;4H,1-3H3. The lowest BCUT2D eigenvalue weighted by Crippen LogP contribution is -1.77. The van der Waals surface area contributed by atoms with Crippen LogP contribution < -0.4 is 5.14 Å². The molecular weight excluding hydrogens is 168 g/mol. The molecule has 0 saturated heterocycles. The molecule has 0 atom stereocenters. The first kappa shape index (κ1) is 11.5. The lowest BCUT2D eigenvalue weighted by molar-refractivity contribution is 0.737. The molecule has 1 aromatic rings. The maximum Gasteiger partial charge on any atom is 0.0279 e. The second-order valence-electron chi connectivity index (χ2n) is 3.03. The summed E-state index contributed by atoms with van der Waals surface area (Å²) in [5, 5.41) is 5.24. The topological polar surface area (TPSA) is 38.9 Å². The Bertz CT molecular complexity index is 184. The van der Waals surface area contributed by atoms with Gasteiger partial charge in [-0.05, 0) is 30.0 Å². The molecule has 3 heteroatoms. The molecule has 0 amide bonds. The minimum Gasteiger partial charge on any atom is -0.274 e. The lowest BCUT2D eigenvalue weighted by Gasteiger charge is -1.88. The van der Waals surface area contributed by atoms with Crippen LogP contribution in [0.1, 0.15) is 20.8 Å². The normalized spacial score (nSPS) is 9.08. The van der Waals surface area contributed by atoms with Crippen molar-refractivity contribution < 1.29 is 0 Å². The number of pyridine rings is 1. The average Bonchev–Trinajstić information content (AvgIpc) is 2.05. The number of hydrogen-bond donors (Lipinski definition) is 1. The predicted molar refractivity (Wildman–Crippen MR) is 54.8 cm³/mol. The zero-order valence-electron chi connectivity index (χ0n) is 7.82. The molecule has 0 saturated carbocycles. The van der Waals surface area contributed by atoms with Gasteiger partial charge in [0.2, 0.25) is 0 Å². The van der Waals surface area contributed by atoms with E-state index >= 15 is 0 Å². The van der Waals surface area contributed by atoms with E-state index in [0.29, 0.717) is 0 Å². The Hall–Kier alpha value is -0.540. The molecular formula is C9H16N2S. The highest BCUT2D eigenvalue weighted by Crippen LogP contribution is 2.06. The van der Waals surface area contributed by atoms with Crippen molar-refractivity contribution in [3.05, 3.63) is 24.5 Å². The zero-order chi connectivity index (χ0) is 9.40. The van der Waals surface area contributed by atoms with E-state index < -0.39 is 0 Å². The molecule has 12 heavy (non-hydrogen) atoms. The van der Waals surface area contributed by atoms with Crippen LogP contribution >= 0.6 is 11.9 Å². The minimum atomic E-state index is 0.833. The van der Waals surface area contributed by atoms with Crippen LogP contribution in [0.4, 0.5) is 0 Å². The van der Waals surface area contributed by atoms with Gasteiger partial charge in [0, 0.05) is 17.3 Å². The molecule has 0 aliphatic heterocycles. The molecule has 0 aromatic carbocycles. The first-order valence-corrected chi connectivity index (χ1v) is 4.81. The van der Waals surface area contributed by atoms with Gasteiger partial charge in [0.25, 0.3) is 0 Å². The Morgan fingerprint density at radius 2 is 1.67 bits per heavy atom. The summed E-state index contributed by atoms with van der Waals surface area (Å²) in [4.78, 5) is 4.87. The third-order valence-corrected chi connectivity index (χ3v) is 1.33. The number of hydrogen-bond acceptors (Lipinski definition) is 3. The summed E-state index contributed by atoms with van der Waals surface area (Å²) in [5.74, 6) is 0.833. The summed E-state index contributed by atoms with van der Waals surface area (Å²) in [6.45, 7) is 6.50. The Kier molecular flexibility index (Phi) is 6.81. The van der Waals surface area contributed by atoms with E-state index in [1.54, 1.807) is 12.4 Å². The van der Waals surface area contributed by atoms with Crippen LogP contribution in [0.3, 0.4) is 0 Å². The van der Waals surface area contributed by atoms with Gasteiger partial charge in [-0.15, -0.1) is 0 Å². The van der Waals surface area contributed by atoms with Gasteiger partial charge in [-0.25, -0.2) is 0 Å². The van der Waals surface area contributed by atoms with Crippen LogP contribution in [0.15, 0.2) is 29.4 Å².